The maximum Gasteiger partial charge on any atom is 3.00 e. The molecule has 6 aromatic carbocycles. The quantitative estimate of drug-likeness (QED) is 0.112. The van der Waals surface area contributed by atoms with E-state index >= 15 is 0 Å². The third kappa shape index (κ3) is 9.50. The smallest absolute Gasteiger partial charge is 0.661 e. The van der Waals surface area contributed by atoms with E-state index < -0.39 is 14.9 Å². The second kappa shape index (κ2) is 18.5. The number of nitrogens with zero attached hydrogens (tertiary/aromatic N) is 4. The van der Waals surface area contributed by atoms with Crippen molar-refractivity contribution in [3.8, 4) is 16.9 Å². The number of hydrogen-bond donors (Lipinski definition) is 0. The zero-order valence-corrected chi connectivity index (χ0v) is 41.7. The van der Waals surface area contributed by atoms with Crippen LogP contribution in [-0.2, 0) is 26.5 Å². The summed E-state index contributed by atoms with van der Waals surface area (Å²) in [7, 11) is -1.48. The van der Waals surface area contributed by atoms with Crippen molar-refractivity contribution in [1.82, 2.24) is 9.55 Å². The van der Waals surface area contributed by atoms with Gasteiger partial charge in [0.15, 0.2) is 0 Å². The molecule has 3 heterocycles. The van der Waals surface area contributed by atoms with Crippen LogP contribution in [0, 0.1) is 24.4 Å². The molecule has 0 spiro atoms. The monoisotopic (exact) mass is 1030 g/mol. The van der Waals surface area contributed by atoms with Gasteiger partial charge in [0.2, 0.25) is 0 Å². The van der Waals surface area contributed by atoms with E-state index in [9.17, 15) is 0 Å². The molecule has 6 heteroatoms. The molecule has 4 nitrogen and oxygen atoms in total. The molecular weight excluding hydrogens is 961 g/mol. The molecule has 1 aliphatic heterocycles. The van der Waals surface area contributed by atoms with Gasteiger partial charge in [-0.1, -0.05) is 165 Å². The van der Waals surface area contributed by atoms with Crippen LogP contribution in [0.25, 0.3) is 44.1 Å². The third-order valence-corrected chi connectivity index (χ3v) is 13.8. The number of benzene rings is 6. The van der Waals surface area contributed by atoms with E-state index in [1.54, 1.807) is 18.2 Å². The molecule has 1 atom stereocenters. The molecule has 0 saturated carbocycles. The Morgan fingerprint density at radius 1 is 0.746 bits per heavy atom. The molecule has 0 amide bonds. The van der Waals surface area contributed by atoms with Gasteiger partial charge in [-0.3, -0.25) is 0 Å². The Labute approximate surface area is 395 Å². The van der Waals surface area contributed by atoms with Gasteiger partial charge in [0.05, 0.1) is 8.07 Å². The van der Waals surface area contributed by atoms with Crippen molar-refractivity contribution in [2.24, 2.45) is 5.41 Å². The Hall–Kier alpha value is -5.26. The Bertz CT molecular complexity index is 2940. The van der Waals surface area contributed by atoms with E-state index in [0.29, 0.717) is 17.4 Å². The average molecular weight is 1030 g/mol. The van der Waals surface area contributed by atoms with Gasteiger partial charge in [-0.25, -0.2) is 0 Å². The summed E-state index contributed by atoms with van der Waals surface area (Å²) < 4.78 is 24.8. The van der Waals surface area contributed by atoms with E-state index in [0.717, 1.165) is 45.8 Å². The molecule has 63 heavy (non-hydrogen) atoms. The molecule has 8 aromatic rings. The Morgan fingerprint density at radius 3 is 2.08 bits per heavy atom. The summed E-state index contributed by atoms with van der Waals surface area (Å²) in [6, 6.07) is 53.0. The Morgan fingerprint density at radius 2 is 1.43 bits per heavy atom. The first-order valence-electron chi connectivity index (χ1n) is 23.5. The summed E-state index contributed by atoms with van der Waals surface area (Å²) in [5, 5.41) is 9.18. The van der Waals surface area contributed by atoms with Crippen LogP contribution in [0.4, 0.5) is 17.1 Å². The van der Waals surface area contributed by atoms with Crippen LogP contribution in [-0.4, -0.2) is 17.6 Å². The van der Waals surface area contributed by atoms with Crippen molar-refractivity contribution in [3.63, 3.8) is 0 Å². The van der Waals surface area contributed by atoms with Gasteiger partial charge >= 0.3 is 20.1 Å². The van der Waals surface area contributed by atoms with Crippen LogP contribution >= 0.6 is 0 Å². The van der Waals surface area contributed by atoms with Gasteiger partial charge in [-0.2, -0.15) is 23.8 Å². The molecule has 1 unspecified atom stereocenters. The van der Waals surface area contributed by atoms with Crippen molar-refractivity contribution in [2.45, 2.75) is 99.4 Å². The van der Waals surface area contributed by atoms with Crippen LogP contribution in [0.3, 0.4) is 0 Å². The second-order valence-electron chi connectivity index (χ2n) is 19.5. The minimum atomic E-state index is -2.10. The molecule has 0 fully saturated rings. The fraction of sp³-hybridized carbons (Fsp3) is 0.281. The van der Waals surface area contributed by atoms with Crippen LogP contribution in [0.15, 0.2) is 140 Å². The molecule has 322 valence electrons. The molecule has 2 aromatic heterocycles. The standard InChI is InChI=1S/C37H33N3.C20H28NSi.Ir/c1-24(2)28-16-12-17-29(25(3)4)36(28)40-35-20-11-9-18-32(35)38-37(40)26-21-22-34-31(23-26)30-15-8-10-19-33(30)39(34)27-13-6-5-7-14-27;1-15-8-10-16(11-9-15)18-12-17(13-20(2,3)4)19(14-21-18)22(5,6)7;/h5-20,22-25,37H,1-4H3;8-10,12,14H,13H2,1-7H3;/q-2;-1;+3/i;1D3;. The molecule has 0 radical (unpaired) electrons. The van der Waals surface area contributed by atoms with E-state index in [2.05, 4.69) is 210 Å². The average Bonchev–Trinajstić information content (AvgIpc) is 3.81. The van der Waals surface area contributed by atoms with Gasteiger partial charge in [-0.15, -0.1) is 46.5 Å². The van der Waals surface area contributed by atoms with Gasteiger partial charge in [0, 0.05) is 32.9 Å². The first-order chi connectivity index (χ1) is 30.8. The number of rotatable bonds is 8. The van der Waals surface area contributed by atoms with Gasteiger partial charge in [0.25, 0.3) is 0 Å². The number of hydrogen-bond acceptors (Lipinski definition) is 2. The Balaban J connectivity index is 0.000000216. The SMILES string of the molecule is CC(C)c1cccc(C(C)C)c1N1c2ccccc2[N-]C1c1[c-]cc2c(c1)c1ccccc1n2-c1ccccc1.[2H]C([2H])([2H])c1c[c-]c(-c2cc(CC(C)(C)C)c([Si](C)(C)C)cn2)cc1.[Ir+3]. The summed E-state index contributed by atoms with van der Waals surface area (Å²) in [6.45, 7) is 20.8. The van der Waals surface area contributed by atoms with Gasteiger partial charge in [0.1, 0.15) is 0 Å². The molecular formula is C57H61IrN4Si. The molecule has 0 N–H and O–H groups in total. The minimum Gasteiger partial charge on any atom is -0.661 e. The Kier molecular flexibility index (Phi) is 12.2. The van der Waals surface area contributed by atoms with E-state index in [4.69, 9.17) is 9.43 Å². The summed E-state index contributed by atoms with van der Waals surface area (Å²) in [6.07, 6.45) is 2.82. The zero-order valence-electron chi connectivity index (χ0n) is 41.3. The first-order valence-corrected chi connectivity index (χ1v) is 25.5. The fourth-order valence-electron chi connectivity index (χ4n) is 8.89. The second-order valence-corrected chi connectivity index (χ2v) is 24.6. The van der Waals surface area contributed by atoms with Crippen molar-refractivity contribution in [3.05, 3.63) is 185 Å². The minimum absolute atomic E-state index is 0. The zero-order chi connectivity index (χ0) is 46.4. The molecule has 0 bridgehead atoms. The van der Waals surface area contributed by atoms with Crippen molar-refractivity contribution >= 4 is 52.1 Å². The van der Waals surface area contributed by atoms with Crippen LogP contribution in [0.2, 0.25) is 19.6 Å². The molecule has 0 saturated heterocycles. The number of pyridine rings is 1. The van der Waals surface area contributed by atoms with E-state index in [1.165, 1.54) is 43.9 Å². The van der Waals surface area contributed by atoms with Crippen LogP contribution in [0.1, 0.15) is 98.4 Å². The van der Waals surface area contributed by atoms with Crippen LogP contribution in [0.5, 0.6) is 0 Å². The summed E-state index contributed by atoms with van der Waals surface area (Å²) in [4.78, 5) is 7.13. The number of aromatic nitrogens is 2. The third-order valence-electron chi connectivity index (χ3n) is 11.8. The van der Waals surface area contributed by atoms with Crippen molar-refractivity contribution in [1.29, 1.82) is 0 Å². The van der Waals surface area contributed by atoms with Gasteiger partial charge < -0.3 is 19.8 Å². The van der Waals surface area contributed by atoms with E-state index in [1.807, 2.05) is 6.20 Å². The number of para-hydroxylation sites is 5. The predicted molar refractivity (Wildman–Crippen MR) is 268 cm³/mol. The maximum absolute atomic E-state index is 7.48. The molecule has 1 aliphatic rings. The maximum atomic E-state index is 7.48. The number of anilines is 2. The fourth-order valence-corrected chi connectivity index (χ4v) is 10.5. The normalized spacial score (nSPS) is 14.7. The largest absolute Gasteiger partial charge is 3.00 e. The van der Waals surface area contributed by atoms with E-state index in [-0.39, 0.29) is 31.7 Å². The van der Waals surface area contributed by atoms with Gasteiger partial charge in [-0.05, 0) is 81.5 Å². The predicted octanol–water partition coefficient (Wildman–Crippen LogP) is 15.7. The summed E-state index contributed by atoms with van der Waals surface area (Å²) >= 11 is 0. The summed E-state index contributed by atoms with van der Waals surface area (Å²) in [5.41, 5.74) is 14.3. The summed E-state index contributed by atoms with van der Waals surface area (Å²) in [5.74, 6) is 0.773. The van der Waals surface area contributed by atoms with Crippen molar-refractivity contribution < 1.29 is 24.2 Å². The topological polar surface area (TPSA) is 35.2 Å². The number of fused-ring (bicyclic) bond motifs is 4. The molecule has 0 aliphatic carbocycles. The molecule has 9 rings (SSSR count). The van der Waals surface area contributed by atoms with Crippen molar-refractivity contribution in [2.75, 3.05) is 4.90 Å². The first kappa shape index (κ1) is 41.7. The van der Waals surface area contributed by atoms with Crippen LogP contribution < -0.4 is 10.1 Å². The number of aryl methyl sites for hydroxylation is 1.